The fourth-order valence-corrected chi connectivity index (χ4v) is 3.50. The summed E-state index contributed by atoms with van der Waals surface area (Å²) in [7, 11) is 3.84. The Morgan fingerprint density at radius 3 is 1.25 bits per heavy atom. The predicted molar refractivity (Wildman–Crippen MR) is 59.3 cm³/mol. The first-order chi connectivity index (χ1) is 5.95. The average molecular weight is 194 g/mol. The van der Waals surface area contributed by atoms with Gasteiger partial charge in [0.1, 0.15) is 0 Å². The first-order valence-corrected chi connectivity index (χ1v) is 6.25. The van der Waals surface area contributed by atoms with Crippen LogP contribution in [0.5, 0.6) is 0 Å². The summed E-state index contributed by atoms with van der Waals surface area (Å²) in [6, 6.07) is 0. The van der Waals surface area contributed by atoms with Crippen LogP contribution in [0.2, 0.25) is 0 Å². The summed E-state index contributed by atoms with van der Waals surface area (Å²) < 4.78 is 0. The standard InChI is InChI=1S/C10H10S2/c1-2-6-9(5-1)11-12-10-7-3-4-8-10/h1-10H. The highest BCUT2D eigenvalue weighted by Gasteiger charge is 2.09. The molecule has 0 unspecified atom stereocenters. The van der Waals surface area contributed by atoms with Gasteiger partial charge >= 0.3 is 0 Å². The maximum Gasteiger partial charge on any atom is 0.0518 e. The van der Waals surface area contributed by atoms with Crippen molar-refractivity contribution >= 4 is 21.6 Å². The second kappa shape index (κ2) is 4.06. The van der Waals surface area contributed by atoms with Crippen molar-refractivity contribution in [3.05, 3.63) is 48.6 Å². The Bertz CT molecular complexity index is 209. The lowest BCUT2D eigenvalue weighted by Gasteiger charge is -2.06. The van der Waals surface area contributed by atoms with Crippen LogP contribution >= 0.6 is 21.6 Å². The Morgan fingerprint density at radius 1 is 0.583 bits per heavy atom. The van der Waals surface area contributed by atoms with Crippen molar-refractivity contribution in [2.75, 3.05) is 0 Å². The minimum absolute atomic E-state index is 0.581. The average Bonchev–Trinajstić information content (AvgIpc) is 2.74. The molecule has 0 heterocycles. The second-order valence-electron chi connectivity index (χ2n) is 2.66. The number of allylic oxidation sites excluding steroid dienone is 4. The number of hydrogen-bond donors (Lipinski definition) is 0. The lowest BCUT2D eigenvalue weighted by Crippen LogP contribution is -1.90. The highest BCUT2D eigenvalue weighted by atomic mass is 33.1. The van der Waals surface area contributed by atoms with E-state index in [2.05, 4.69) is 48.6 Å². The van der Waals surface area contributed by atoms with E-state index >= 15 is 0 Å². The molecule has 0 nitrogen and oxygen atoms in total. The first kappa shape index (κ1) is 8.27. The molecule has 0 N–H and O–H groups in total. The smallest absolute Gasteiger partial charge is 0.0518 e. The minimum Gasteiger partial charge on any atom is -0.0814 e. The monoisotopic (exact) mass is 194 g/mol. The maximum absolute atomic E-state index is 2.22. The normalized spacial score (nSPS) is 21.7. The van der Waals surface area contributed by atoms with Crippen LogP contribution in [-0.2, 0) is 0 Å². The summed E-state index contributed by atoms with van der Waals surface area (Å²) in [6.45, 7) is 0. The topological polar surface area (TPSA) is 0 Å². The van der Waals surface area contributed by atoms with E-state index in [1.54, 1.807) is 0 Å². The predicted octanol–water partition coefficient (Wildman–Crippen LogP) is 3.36. The van der Waals surface area contributed by atoms with Crippen LogP contribution < -0.4 is 0 Å². The summed E-state index contributed by atoms with van der Waals surface area (Å²) in [6.07, 6.45) is 17.3. The van der Waals surface area contributed by atoms with Gasteiger partial charge in [-0.3, -0.25) is 0 Å². The van der Waals surface area contributed by atoms with E-state index in [0.29, 0.717) is 10.5 Å². The van der Waals surface area contributed by atoms with Crippen LogP contribution in [0.3, 0.4) is 0 Å². The largest absolute Gasteiger partial charge is 0.0814 e. The zero-order valence-electron chi connectivity index (χ0n) is 6.59. The molecule has 62 valence electrons. The molecule has 0 radical (unpaired) electrons. The van der Waals surface area contributed by atoms with Gasteiger partial charge in [-0.25, -0.2) is 0 Å². The fourth-order valence-electron chi connectivity index (χ4n) is 1.08. The molecule has 0 aromatic carbocycles. The quantitative estimate of drug-likeness (QED) is 0.632. The molecule has 0 saturated carbocycles. The maximum atomic E-state index is 2.22. The van der Waals surface area contributed by atoms with Gasteiger partial charge in [0.25, 0.3) is 0 Å². The van der Waals surface area contributed by atoms with Gasteiger partial charge in [-0.15, -0.1) is 0 Å². The van der Waals surface area contributed by atoms with Crippen LogP contribution in [0, 0.1) is 0 Å². The Labute approximate surface area is 80.9 Å². The van der Waals surface area contributed by atoms with Crippen molar-refractivity contribution < 1.29 is 0 Å². The van der Waals surface area contributed by atoms with Crippen LogP contribution in [-0.4, -0.2) is 10.5 Å². The number of hydrogen-bond acceptors (Lipinski definition) is 2. The molecule has 2 heteroatoms. The molecule has 2 rings (SSSR count). The molecule has 0 bridgehead atoms. The number of rotatable bonds is 3. The Balaban J connectivity index is 1.74. The van der Waals surface area contributed by atoms with Gasteiger partial charge in [-0.05, 0) is 0 Å². The molecule has 2 aliphatic carbocycles. The van der Waals surface area contributed by atoms with Crippen molar-refractivity contribution in [2.24, 2.45) is 0 Å². The van der Waals surface area contributed by atoms with Crippen LogP contribution in [0.15, 0.2) is 48.6 Å². The molecule has 0 spiro atoms. The summed E-state index contributed by atoms with van der Waals surface area (Å²) >= 11 is 0. The molecule has 0 amide bonds. The third kappa shape index (κ3) is 2.08. The van der Waals surface area contributed by atoms with Gasteiger partial charge in [0.2, 0.25) is 0 Å². The van der Waals surface area contributed by atoms with E-state index in [1.807, 2.05) is 21.6 Å². The van der Waals surface area contributed by atoms with Crippen LogP contribution in [0.25, 0.3) is 0 Å². The van der Waals surface area contributed by atoms with Crippen molar-refractivity contribution in [1.82, 2.24) is 0 Å². The van der Waals surface area contributed by atoms with E-state index < -0.39 is 0 Å². The fraction of sp³-hybridized carbons (Fsp3) is 0.200. The van der Waals surface area contributed by atoms with Crippen LogP contribution in [0.4, 0.5) is 0 Å². The zero-order valence-corrected chi connectivity index (χ0v) is 8.22. The van der Waals surface area contributed by atoms with Gasteiger partial charge in [0.05, 0.1) is 10.5 Å². The summed E-state index contributed by atoms with van der Waals surface area (Å²) in [4.78, 5) is 0. The van der Waals surface area contributed by atoms with Crippen molar-refractivity contribution in [1.29, 1.82) is 0 Å². The third-order valence-corrected chi connectivity index (χ3v) is 4.55. The molecule has 0 fully saturated rings. The third-order valence-electron chi connectivity index (χ3n) is 1.70. The van der Waals surface area contributed by atoms with E-state index in [0.717, 1.165) is 0 Å². The lowest BCUT2D eigenvalue weighted by molar-refractivity contribution is 1.47. The van der Waals surface area contributed by atoms with Crippen molar-refractivity contribution in [2.45, 2.75) is 10.5 Å². The molecule has 0 aliphatic heterocycles. The van der Waals surface area contributed by atoms with Gasteiger partial charge < -0.3 is 0 Å². The Hall–Kier alpha value is -0.340. The van der Waals surface area contributed by atoms with Crippen LogP contribution in [0.1, 0.15) is 0 Å². The zero-order chi connectivity index (χ0) is 8.23. The first-order valence-electron chi connectivity index (χ1n) is 3.97. The lowest BCUT2D eigenvalue weighted by atomic mass is 10.5. The molecule has 2 aliphatic rings. The van der Waals surface area contributed by atoms with Gasteiger partial charge in [0.15, 0.2) is 0 Å². The Kier molecular flexibility index (Phi) is 2.79. The van der Waals surface area contributed by atoms with E-state index in [1.165, 1.54) is 0 Å². The highest BCUT2D eigenvalue weighted by Crippen LogP contribution is 2.35. The van der Waals surface area contributed by atoms with Crippen molar-refractivity contribution in [3.63, 3.8) is 0 Å². The minimum atomic E-state index is 0.581. The summed E-state index contributed by atoms with van der Waals surface area (Å²) in [5.41, 5.74) is 0. The molecule has 12 heavy (non-hydrogen) atoms. The van der Waals surface area contributed by atoms with E-state index in [9.17, 15) is 0 Å². The van der Waals surface area contributed by atoms with Crippen molar-refractivity contribution in [3.8, 4) is 0 Å². The summed E-state index contributed by atoms with van der Waals surface area (Å²) in [5, 5.41) is 1.16. The van der Waals surface area contributed by atoms with Gasteiger partial charge in [0, 0.05) is 0 Å². The molecule has 0 atom stereocenters. The van der Waals surface area contributed by atoms with E-state index in [-0.39, 0.29) is 0 Å². The van der Waals surface area contributed by atoms with Gasteiger partial charge in [-0.2, -0.15) is 0 Å². The molecular formula is C10H10S2. The highest BCUT2D eigenvalue weighted by molar-refractivity contribution is 8.77. The molecule has 0 aromatic rings. The molecule has 0 saturated heterocycles. The molecular weight excluding hydrogens is 184 g/mol. The van der Waals surface area contributed by atoms with Gasteiger partial charge in [-0.1, -0.05) is 70.2 Å². The summed E-state index contributed by atoms with van der Waals surface area (Å²) in [5.74, 6) is 0. The Morgan fingerprint density at radius 2 is 0.917 bits per heavy atom. The molecule has 0 aromatic heterocycles. The second-order valence-corrected chi connectivity index (χ2v) is 5.29. The van der Waals surface area contributed by atoms with E-state index in [4.69, 9.17) is 0 Å². The SMILES string of the molecule is C1=CC(SSC2C=CC=C2)C=C1.